The van der Waals surface area contributed by atoms with Gasteiger partial charge in [-0.25, -0.2) is 4.98 Å². The first-order valence-corrected chi connectivity index (χ1v) is 8.27. The Morgan fingerprint density at radius 2 is 2.04 bits per heavy atom. The second kappa shape index (κ2) is 7.59. The third-order valence-corrected chi connectivity index (χ3v) is 4.02. The first-order valence-electron chi connectivity index (χ1n) is 8.27. The largest absolute Gasteiger partial charge is 0.478 e. The maximum absolute atomic E-state index is 12.5. The number of aromatic nitrogens is 2. The van der Waals surface area contributed by atoms with E-state index in [-0.39, 0.29) is 5.91 Å². The Morgan fingerprint density at radius 3 is 2.65 bits per heavy atom. The number of hydrogen-bond acceptors (Lipinski definition) is 6. The highest BCUT2D eigenvalue weighted by Gasteiger charge is 2.33. The summed E-state index contributed by atoms with van der Waals surface area (Å²) in [6, 6.07) is 1.75. The van der Waals surface area contributed by atoms with Crippen LogP contribution in [0.25, 0.3) is 0 Å². The Bertz CT molecular complexity index is 527. The molecular formula is C16H27N5O2. The number of carbonyl (C=O) groups is 1. The van der Waals surface area contributed by atoms with Gasteiger partial charge in [-0.1, -0.05) is 13.3 Å². The molecular weight excluding hydrogens is 294 g/mol. The Morgan fingerprint density at radius 1 is 1.35 bits per heavy atom. The minimum absolute atomic E-state index is 0.0305. The van der Waals surface area contributed by atoms with Gasteiger partial charge in [-0.05, 0) is 20.3 Å². The zero-order valence-electron chi connectivity index (χ0n) is 14.3. The van der Waals surface area contributed by atoms with Crippen LogP contribution in [0, 0.1) is 0 Å². The lowest BCUT2D eigenvalue weighted by Gasteiger charge is -2.38. The van der Waals surface area contributed by atoms with Crippen molar-refractivity contribution in [3.8, 4) is 5.88 Å². The van der Waals surface area contributed by atoms with Crippen molar-refractivity contribution in [3.05, 3.63) is 12.3 Å². The van der Waals surface area contributed by atoms with Crippen LogP contribution in [-0.2, 0) is 4.79 Å². The molecule has 2 N–H and O–H groups in total. The van der Waals surface area contributed by atoms with Gasteiger partial charge in [-0.2, -0.15) is 4.98 Å². The number of anilines is 1. The highest BCUT2D eigenvalue weighted by Crippen LogP contribution is 2.18. The quantitative estimate of drug-likeness (QED) is 0.843. The standard InChI is InChI=1S/C16H27N5O2/c1-4-7-16(3,17)14(22)20-9-11-21(12-10-20)15-18-8-6-13(19-15)23-5-2/h6,8H,4-5,7,9-12,17H2,1-3H3. The van der Waals surface area contributed by atoms with E-state index in [0.717, 1.165) is 6.42 Å². The third kappa shape index (κ3) is 4.31. The molecule has 1 unspecified atom stereocenters. The van der Waals surface area contributed by atoms with E-state index in [1.54, 1.807) is 12.3 Å². The maximum Gasteiger partial charge on any atom is 0.242 e. The van der Waals surface area contributed by atoms with Crippen molar-refractivity contribution >= 4 is 11.9 Å². The van der Waals surface area contributed by atoms with Crippen LogP contribution in [0.4, 0.5) is 5.95 Å². The third-order valence-electron chi connectivity index (χ3n) is 4.02. The van der Waals surface area contributed by atoms with Crippen molar-refractivity contribution < 1.29 is 9.53 Å². The number of nitrogens with zero attached hydrogens (tertiary/aromatic N) is 4. The minimum Gasteiger partial charge on any atom is -0.478 e. The normalized spacial score (nSPS) is 17.7. The van der Waals surface area contributed by atoms with Gasteiger partial charge in [0.25, 0.3) is 0 Å². The lowest BCUT2D eigenvalue weighted by molar-refractivity contribution is -0.137. The maximum atomic E-state index is 12.5. The van der Waals surface area contributed by atoms with Crippen LogP contribution in [0.3, 0.4) is 0 Å². The van der Waals surface area contributed by atoms with Crippen molar-refractivity contribution in [2.45, 2.75) is 39.2 Å². The molecule has 0 radical (unpaired) electrons. The molecule has 1 aliphatic heterocycles. The van der Waals surface area contributed by atoms with E-state index < -0.39 is 5.54 Å². The summed E-state index contributed by atoms with van der Waals surface area (Å²) >= 11 is 0. The number of rotatable bonds is 6. The van der Waals surface area contributed by atoms with Crippen molar-refractivity contribution in [3.63, 3.8) is 0 Å². The van der Waals surface area contributed by atoms with E-state index in [4.69, 9.17) is 10.5 Å². The number of hydrogen-bond donors (Lipinski definition) is 1. The van der Waals surface area contributed by atoms with Crippen molar-refractivity contribution in [1.82, 2.24) is 14.9 Å². The Labute approximate surface area is 137 Å². The number of carbonyl (C=O) groups excluding carboxylic acids is 1. The van der Waals surface area contributed by atoms with Crippen molar-refractivity contribution in [2.75, 3.05) is 37.7 Å². The molecule has 1 saturated heterocycles. The minimum atomic E-state index is -0.775. The molecule has 0 spiro atoms. The number of ether oxygens (including phenoxy) is 1. The summed E-state index contributed by atoms with van der Waals surface area (Å²) < 4.78 is 5.41. The summed E-state index contributed by atoms with van der Waals surface area (Å²) in [5, 5.41) is 0. The van der Waals surface area contributed by atoms with Crippen molar-refractivity contribution in [1.29, 1.82) is 0 Å². The van der Waals surface area contributed by atoms with Gasteiger partial charge < -0.3 is 20.3 Å². The molecule has 1 fully saturated rings. The molecule has 128 valence electrons. The molecule has 0 bridgehead atoms. The molecule has 1 aliphatic rings. The zero-order chi connectivity index (χ0) is 16.9. The van der Waals surface area contributed by atoms with Gasteiger partial charge in [-0.15, -0.1) is 0 Å². The topological polar surface area (TPSA) is 84.6 Å². The second-order valence-electron chi connectivity index (χ2n) is 6.07. The van der Waals surface area contributed by atoms with Crippen molar-refractivity contribution in [2.24, 2.45) is 5.73 Å². The number of piperazine rings is 1. The monoisotopic (exact) mass is 321 g/mol. The Kier molecular flexibility index (Phi) is 5.76. The highest BCUT2D eigenvalue weighted by atomic mass is 16.5. The summed E-state index contributed by atoms with van der Waals surface area (Å²) in [4.78, 5) is 25.1. The molecule has 1 amide bonds. The van der Waals surface area contributed by atoms with Gasteiger partial charge in [0.1, 0.15) is 0 Å². The van der Waals surface area contributed by atoms with Gasteiger partial charge >= 0.3 is 0 Å². The van der Waals surface area contributed by atoms with Crippen LogP contribution in [0.1, 0.15) is 33.6 Å². The molecule has 23 heavy (non-hydrogen) atoms. The molecule has 2 heterocycles. The summed E-state index contributed by atoms with van der Waals surface area (Å²) in [6.45, 7) is 9.03. The van der Waals surface area contributed by atoms with E-state index >= 15 is 0 Å². The van der Waals surface area contributed by atoms with E-state index in [0.29, 0.717) is 51.0 Å². The van der Waals surface area contributed by atoms with Crippen LogP contribution in [0.2, 0.25) is 0 Å². The molecule has 1 aromatic rings. The van der Waals surface area contributed by atoms with Crippen LogP contribution >= 0.6 is 0 Å². The smallest absolute Gasteiger partial charge is 0.242 e. The lowest BCUT2D eigenvalue weighted by Crippen LogP contribution is -2.58. The summed E-state index contributed by atoms with van der Waals surface area (Å²) in [5.74, 6) is 1.25. The zero-order valence-corrected chi connectivity index (χ0v) is 14.3. The SMILES string of the molecule is CCCC(C)(N)C(=O)N1CCN(c2nccc(OCC)n2)CC1. The molecule has 7 nitrogen and oxygen atoms in total. The van der Waals surface area contributed by atoms with Crippen LogP contribution < -0.4 is 15.4 Å². The fourth-order valence-electron chi connectivity index (χ4n) is 2.81. The molecule has 1 atom stereocenters. The lowest BCUT2D eigenvalue weighted by atomic mass is 9.95. The summed E-state index contributed by atoms with van der Waals surface area (Å²) in [6.07, 6.45) is 3.30. The van der Waals surface area contributed by atoms with Crippen LogP contribution in [0.5, 0.6) is 5.88 Å². The molecule has 2 rings (SSSR count). The predicted molar refractivity (Wildman–Crippen MR) is 89.5 cm³/mol. The Balaban J connectivity index is 1.96. The first kappa shape index (κ1) is 17.5. The van der Waals surface area contributed by atoms with Gasteiger partial charge in [-0.3, -0.25) is 4.79 Å². The average Bonchev–Trinajstić information content (AvgIpc) is 2.55. The Hall–Kier alpha value is -1.89. The molecule has 0 saturated carbocycles. The summed E-state index contributed by atoms with van der Waals surface area (Å²) in [5.41, 5.74) is 5.38. The van der Waals surface area contributed by atoms with Gasteiger partial charge in [0.2, 0.25) is 17.7 Å². The van der Waals surface area contributed by atoms with Gasteiger partial charge in [0.05, 0.1) is 12.1 Å². The van der Waals surface area contributed by atoms with E-state index in [2.05, 4.69) is 14.9 Å². The van der Waals surface area contributed by atoms with Crippen LogP contribution in [0.15, 0.2) is 12.3 Å². The molecule has 1 aromatic heterocycles. The van der Waals surface area contributed by atoms with Crippen LogP contribution in [-0.4, -0.2) is 59.1 Å². The second-order valence-corrected chi connectivity index (χ2v) is 6.07. The van der Waals surface area contributed by atoms with E-state index in [1.807, 2.05) is 25.7 Å². The fraction of sp³-hybridized carbons (Fsp3) is 0.688. The summed E-state index contributed by atoms with van der Waals surface area (Å²) in [7, 11) is 0. The van der Waals surface area contributed by atoms with Gasteiger partial charge in [0, 0.05) is 38.4 Å². The average molecular weight is 321 g/mol. The number of nitrogens with two attached hydrogens (primary N) is 1. The van der Waals surface area contributed by atoms with Gasteiger partial charge in [0.15, 0.2) is 0 Å². The molecule has 7 heteroatoms. The van der Waals surface area contributed by atoms with E-state index in [9.17, 15) is 4.79 Å². The highest BCUT2D eigenvalue weighted by molar-refractivity contribution is 5.85. The van der Waals surface area contributed by atoms with E-state index in [1.165, 1.54) is 0 Å². The number of amides is 1. The molecule has 0 aliphatic carbocycles. The fourth-order valence-corrected chi connectivity index (χ4v) is 2.81. The predicted octanol–water partition coefficient (Wildman–Crippen LogP) is 1.04. The first-order chi connectivity index (χ1) is 11.0. The molecule has 0 aromatic carbocycles.